The lowest BCUT2D eigenvalue weighted by atomic mass is 10.00. The summed E-state index contributed by atoms with van der Waals surface area (Å²) in [5.74, 6) is -0.663. The van der Waals surface area contributed by atoms with Crippen molar-refractivity contribution < 1.29 is 23.5 Å². The Bertz CT molecular complexity index is 1490. The molecule has 5 atom stereocenters. The quantitative estimate of drug-likeness (QED) is 0.0997. The molecule has 11 heteroatoms. The van der Waals surface area contributed by atoms with Crippen LogP contribution < -0.4 is 0 Å². The number of hydrogen-bond acceptors (Lipinski definition) is 7. The van der Waals surface area contributed by atoms with Crippen molar-refractivity contribution in [2.45, 2.75) is 213 Å². The molecular formula is C44H83NO5S2Si3. The summed E-state index contributed by atoms with van der Waals surface area (Å²) in [6.45, 7) is 46.4. The summed E-state index contributed by atoms with van der Waals surface area (Å²) < 4.78 is 13.6. The predicted octanol–water partition coefficient (Wildman–Crippen LogP) is 14.1. The first-order valence-corrected chi connectivity index (χ1v) is 30.7. The van der Waals surface area contributed by atoms with Crippen LogP contribution in [0.3, 0.4) is 0 Å². The maximum absolute atomic E-state index is 12.1. The van der Waals surface area contributed by atoms with Crippen molar-refractivity contribution in [3.05, 3.63) is 45.5 Å². The van der Waals surface area contributed by atoms with Crippen LogP contribution in [0.25, 0.3) is 5.57 Å². The monoisotopic (exact) mass is 854 g/mol. The number of hydrogen-bond donors (Lipinski definition) is 2. The van der Waals surface area contributed by atoms with Gasteiger partial charge in [0.1, 0.15) is 0 Å². The van der Waals surface area contributed by atoms with E-state index in [1.165, 1.54) is 16.7 Å². The van der Waals surface area contributed by atoms with Crippen LogP contribution in [0.2, 0.25) is 53.9 Å². The SMILES string of the molecule is C/C(=C/CC/C(C)=C(\C[Si](C)(O)C(C)(C)C)c1csc(C)n1)C/C=C\[C@H](C)[C@H](O[Si](C)(C)C(C)(C)C)[C@@H](C)SC(C)(C)[C@@H](CC(=O)O)O[Si](C)(C)C(C)(C)C. The smallest absolute Gasteiger partial charge is 0.305 e. The molecule has 2 N–H and O–H groups in total. The predicted molar refractivity (Wildman–Crippen MR) is 251 cm³/mol. The number of nitrogens with zero attached hydrogens (tertiary/aromatic N) is 1. The number of allylic oxidation sites excluding steroid dienone is 5. The van der Waals surface area contributed by atoms with E-state index in [0.29, 0.717) is 6.04 Å². The van der Waals surface area contributed by atoms with Gasteiger partial charge in [-0.3, -0.25) is 4.79 Å². The molecule has 0 spiro atoms. The van der Waals surface area contributed by atoms with E-state index in [1.807, 2.05) is 18.7 Å². The van der Waals surface area contributed by atoms with Crippen molar-refractivity contribution in [2.75, 3.05) is 0 Å². The zero-order chi connectivity index (χ0) is 43.2. The third-order valence-electron chi connectivity index (χ3n) is 12.6. The zero-order valence-electron chi connectivity index (χ0n) is 39.0. The molecule has 1 aromatic rings. The second-order valence-corrected chi connectivity index (χ2v) is 38.0. The molecule has 0 aliphatic rings. The molecule has 0 radical (unpaired) electrons. The summed E-state index contributed by atoms with van der Waals surface area (Å²) in [6.07, 6.45) is 9.26. The third-order valence-corrected chi connectivity index (χ3v) is 28.1. The summed E-state index contributed by atoms with van der Waals surface area (Å²) in [4.78, 5) is 28.5. The second-order valence-electron chi connectivity index (χ2n) is 21.0. The Morgan fingerprint density at radius 3 is 1.89 bits per heavy atom. The largest absolute Gasteiger partial charge is 0.481 e. The zero-order valence-corrected chi connectivity index (χ0v) is 43.7. The summed E-state index contributed by atoms with van der Waals surface area (Å²) in [6, 6.07) is 0.713. The van der Waals surface area contributed by atoms with Crippen LogP contribution in [-0.4, -0.2) is 68.0 Å². The first-order chi connectivity index (χ1) is 24.5. The second kappa shape index (κ2) is 20.0. The minimum absolute atomic E-state index is 0.0192. The van der Waals surface area contributed by atoms with E-state index in [-0.39, 0.29) is 38.8 Å². The molecule has 0 bridgehead atoms. The average Bonchev–Trinajstić information content (AvgIpc) is 3.41. The van der Waals surface area contributed by atoms with Gasteiger partial charge in [0, 0.05) is 21.3 Å². The Kier molecular flexibility index (Phi) is 19.0. The molecule has 1 heterocycles. The van der Waals surface area contributed by atoms with Gasteiger partial charge in [-0.05, 0) is 113 Å². The highest BCUT2D eigenvalue weighted by Crippen LogP contribution is 2.46. The van der Waals surface area contributed by atoms with Crippen LogP contribution >= 0.6 is 23.1 Å². The number of carboxylic acid groups (broad SMARTS) is 1. The molecule has 0 aromatic carbocycles. The van der Waals surface area contributed by atoms with Crippen molar-refractivity contribution in [3.63, 3.8) is 0 Å². The Morgan fingerprint density at radius 2 is 1.44 bits per heavy atom. The number of thioether (sulfide) groups is 1. The lowest BCUT2D eigenvalue weighted by Crippen LogP contribution is -2.52. The summed E-state index contributed by atoms with van der Waals surface area (Å²) in [5, 5.41) is 13.2. The minimum atomic E-state index is -2.54. The highest BCUT2D eigenvalue weighted by atomic mass is 32.2. The topological polar surface area (TPSA) is 88.9 Å². The Balaban J connectivity index is 3.29. The number of thiazole rings is 1. The van der Waals surface area contributed by atoms with Crippen molar-refractivity contribution in [3.8, 4) is 0 Å². The Labute approximate surface area is 350 Å². The van der Waals surface area contributed by atoms with E-state index >= 15 is 0 Å². The van der Waals surface area contributed by atoms with Crippen molar-refractivity contribution in [1.29, 1.82) is 0 Å². The lowest BCUT2D eigenvalue weighted by Gasteiger charge is -2.46. The van der Waals surface area contributed by atoms with Crippen LogP contribution in [-0.2, 0) is 13.6 Å². The molecular weight excluding hydrogens is 771 g/mol. The average molecular weight is 855 g/mol. The van der Waals surface area contributed by atoms with Gasteiger partial charge in [0.05, 0.1) is 29.3 Å². The van der Waals surface area contributed by atoms with Gasteiger partial charge in [-0.2, -0.15) is 0 Å². The number of rotatable bonds is 20. The molecule has 1 aromatic heterocycles. The van der Waals surface area contributed by atoms with Crippen LogP contribution in [0.4, 0.5) is 0 Å². The minimum Gasteiger partial charge on any atom is -0.481 e. The van der Waals surface area contributed by atoms with Gasteiger partial charge in [0.2, 0.25) is 0 Å². The van der Waals surface area contributed by atoms with Crippen LogP contribution in [0.1, 0.15) is 140 Å². The molecule has 1 unspecified atom stereocenters. The van der Waals surface area contributed by atoms with E-state index in [9.17, 15) is 14.7 Å². The van der Waals surface area contributed by atoms with E-state index in [1.54, 1.807) is 11.3 Å². The first-order valence-electron chi connectivity index (χ1n) is 20.5. The molecule has 0 fully saturated rings. The van der Waals surface area contributed by atoms with Gasteiger partial charge in [-0.25, -0.2) is 4.98 Å². The van der Waals surface area contributed by atoms with Crippen molar-refractivity contribution in [2.24, 2.45) is 5.92 Å². The highest BCUT2D eigenvalue weighted by molar-refractivity contribution is 8.01. The summed E-state index contributed by atoms with van der Waals surface area (Å²) >= 11 is 3.49. The van der Waals surface area contributed by atoms with Crippen LogP contribution in [0.15, 0.2) is 34.8 Å². The van der Waals surface area contributed by atoms with Gasteiger partial charge in [-0.1, -0.05) is 106 Å². The maximum atomic E-state index is 12.1. The molecule has 0 saturated carbocycles. The lowest BCUT2D eigenvalue weighted by molar-refractivity contribution is -0.139. The van der Waals surface area contributed by atoms with Crippen molar-refractivity contribution >= 4 is 59.6 Å². The normalized spacial score (nSPS) is 18.2. The highest BCUT2D eigenvalue weighted by Gasteiger charge is 2.46. The van der Waals surface area contributed by atoms with Crippen molar-refractivity contribution in [1.82, 2.24) is 4.98 Å². The van der Waals surface area contributed by atoms with E-state index in [4.69, 9.17) is 13.8 Å². The molecule has 0 amide bonds. The van der Waals surface area contributed by atoms with E-state index in [2.05, 4.69) is 160 Å². The standard InChI is InChI=1S/C44H83NO5S2Si3/c1-31(24-22-26-32(2)36(37-29-51-35(5)45-37)30-55(21,48)43(12,13)14)25-23-27-33(3)40(50-54(19,20)42(9,10)11)34(4)52-44(15,16)38(28-39(46)47)49-53(17,18)41(6,7)8/h23-24,27,29,33-34,38,40,48H,22,25-26,28,30H2,1-21H3,(H,46,47)/b27-23-,31-24-,36-32+/t33-,34+,38+,40-,55?/m0/s1. The fraction of sp³-hybridized carbons (Fsp3) is 0.773. The molecule has 1 rings (SSSR count). The third kappa shape index (κ3) is 16.1. The number of carbonyl (C=O) groups is 1. The van der Waals surface area contributed by atoms with Gasteiger partial charge >= 0.3 is 5.97 Å². The van der Waals surface area contributed by atoms with Gasteiger partial charge in [-0.15, -0.1) is 23.1 Å². The number of aliphatic carboxylic acids is 1. The Hall–Kier alpha value is -0.799. The van der Waals surface area contributed by atoms with Gasteiger partial charge in [0.25, 0.3) is 0 Å². The first kappa shape index (κ1) is 52.2. The number of carboxylic acids is 1. The van der Waals surface area contributed by atoms with E-state index in [0.717, 1.165) is 30.0 Å². The fourth-order valence-electron chi connectivity index (χ4n) is 5.81. The molecule has 55 heavy (non-hydrogen) atoms. The molecule has 6 nitrogen and oxygen atoms in total. The summed E-state index contributed by atoms with van der Waals surface area (Å²) in [5.41, 5.74) is 4.90. The number of aromatic nitrogens is 1. The van der Waals surface area contributed by atoms with Crippen LogP contribution in [0.5, 0.6) is 0 Å². The maximum Gasteiger partial charge on any atom is 0.305 e. The number of aryl methyl sites for hydroxylation is 1. The molecule has 0 aliphatic heterocycles. The van der Waals surface area contributed by atoms with Crippen LogP contribution in [0, 0.1) is 12.8 Å². The fourth-order valence-corrected chi connectivity index (χ4v) is 12.9. The van der Waals surface area contributed by atoms with E-state index < -0.39 is 41.8 Å². The molecule has 318 valence electrons. The van der Waals surface area contributed by atoms with Gasteiger partial charge < -0.3 is 18.8 Å². The molecule has 0 aliphatic carbocycles. The summed E-state index contributed by atoms with van der Waals surface area (Å²) in [7, 11) is -6.89. The van der Waals surface area contributed by atoms with Gasteiger partial charge in [0.15, 0.2) is 25.0 Å². The molecule has 0 saturated heterocycles. The Morgan fingerprint density at radius 1 is 0.909 bits per heavy atom.